The summed E-state index contributed by atoms with van der Waals surface area (Å²) in [4.78, 5) is 2.41. The molecule has 0 saturated heterocycles. The van der Waals surface area contributed by atoms with Crippen LogP contribution in [0.2, 0.25) is 0 Å². The van der Waals surface area contributed by atoms with Crippen molar-refractivity contribution in [2.24, 2.45) is 0 Å². The zero-order valence-corrected chi connectivity index (χ0v) is 12.2. The molecule has 1 N–H and O–H groups in total. The number of methoxy groups -OCH3 is 1. The zero-order chi connectivity index (χ0) is 13.5. The molecule has 1 aromatic rings. The van der Waals surface area contributed by atoms with E-state index in [4.69, 9.17) is 4.74 Å². The second-order valence-electron chi connectivity index (χ2n) is 4.94. The summed E-state index contributed by atoms with van der Waals surface area (Å²) in [6.45, 7) is 5.51. The lowest BCUT2D eigenvalue weighted by atomic mass is 10.0. The van der Waals surface area contributed by atoms with Crippen molar-refractivity contribution in [3.63, 3.8) is 0 Å². The third-order valence-corrected chi connectivity index (χ3v) is 3.60. The summed E-state index contributed by atoms with van der Waals surface area (Å²) in [5.41, 5.74) is 1.27. The Balaban J connectivity index is 2.65. The van der Waals surface area contributed by atoms with E-state index in [9.17, 15) is 0 Å². The quantitative estimate of drug-likeness (QED) is 0.802. The third kappa shape index (κ3) is 4.00. The first-order valence-electron chi connectivity index (χ1n) is 6.58. The van der Waals surface area contributed by atoms with Crippen LogP contribution >= 0.6 is 0 Å². The average Bonchev–Trinajstić information content (AvgIpc) is 2.38. The fraction of sp³-hybridized carbons (Fsp3) is 0.600. The molecule has 3 nitrogen and oxygen atoms in total. The molecule has 2 atom stereocenters. The summed E-state index contributed by atoms with van der Waals surface area (Å²) >= 11 is 0. The lowest BCUT2D eigenvalue weighted by molar-refractivity contribution is 0.192. The molecule has 1 aromatic carbocycles. The highest BCUT2D eigenvalue weighted by Gasteiger charge is 2.16. The maximum atomic E-state index is 5.40. The van der Waals surface area contributed by atoms with Gasteiger partial charge in [-0.05, 0) is 46.0 Å². The summed E-state index contributed by atoms with van der Waals surface area (Å²) in [6.07, 6.45) is 1.01. The molecule has 0 radical (unpaired) electrons. The number of ether oxygens (including phenoxy) is 1. The minimum atomic E-state index is 0.490. The van der Waals surface area contributed by atoms with Gasteiger partial charge in [-0.15, -0.1) is 0 Å². The molecule has 0 aliphatic rings. The van der Waals surface area contributed by atoms with Crippen LogP contribution in [0.3, 0.4) is 0 Å². The molecule has 2 unspecified atom stereocenters. The van der Waals surface area contributed by atoms with Crippen LogP contribution in [0.4, 0.5) is 0 Å². The highest BCUT2D eigenvalue weighted by molar-refractivity contribution is 5.33. The van der Waals surface area contributed by atoms with Crippen LogP contribution in [0.1, 0.15) is 19.4 Å². The van der Waals surface area contributed by atoms with E-state index in [1.165, 1.54) is 5.56 Å². The van der Waals surface area contributed by atoms with E-state index in [2.05, 4.69) is 43.2 Å². The first-order valence-corrected chi connectivity index (χ1v) is 6.58. The topological polar surface area (TPSA) is 24.5 Å². The highest BCUT2D eigenvalue weighted by Crippen LogP contribution is 2.20. The maximum Gasteiger partial charge on any atom is 0.122 e. The predicted octanol–water partition coefficient (Wildman–Crippen LogP) is 2.17. The van der Waals surface area contributed by atoms with E-state index in [0.29, 0.717) is 12.1 Å². The fourth-order valence-electron chi connectivity index (χ4n) is 2.21. The second kappa shape index (κ2) is 7.39. The normalized spacial score (nSPS) is 14.6. The molecule has 18 heavy (non-hydrogen) atoms. The smallest absolute Gasteiger partial charge is 0.122 e. The van der Waals surface area contributed by atoms with Crippen molar-refractivity contribution >= 4 is 0 Å². The van der Waals surface area contributed by atoms with Gasteiger partial charge in [0.15, 0.2) is 0 Å². The Morgan fingerprint density at radius 3 is 2.50 bits per heavy atom. The molecule has 0 heterocycles. The summed E-state index contributed by atoms with van der Waals surface area (Å²) in [6, 6.07) is 9.27. The van der Waals surface area contributed by atoms with Crippen molar-refractivity contribution in [2.75, 3.05) is 27.7 Å². The monoisotopic (exact) mass is 250 g/mol. The molecule has 0 bridgehead atoms. The average molecular weight is 250 g/mol. The van der Waals surface area contributed by atoms with Crippen LogP contribution in [-0.4, -0.2) is 44.7 Å². The molecule has 0 amide bonds. The Hall–Kier alpha value is -1.06. The van der Waals surface area contributed by atoms with E-state index in [-0.39, 0.29) is 0 Å². The van der Waals surface area contributed by atoms with Gasteiger partial charge in [-0.2, -0.15) is 0 Å². The van der Waals surface area contributed by atoms with E-state index in [0.717, 1.165) is 18.7 Å². The predicted molar refractivity (Wildman–Crippen MR) is 77.3 cm³/mol. The Bertz CT molecular complexity index is 354. The molecule has 0 fully saturated rings. The number of hydrogen-bond donors (Lipinski definition) is 1. The summed E-state index contributed by atoms with van der Waals surface area (Å²) in [7, 11) is 5.91. The van der Waals surface area contributed by atoms with Gasteiger partial charge in [0.1, 0.15) is 5.75 Å². The minimum Gasteiger partial charge on any atom is -0.496 e. The molecule has 102 valence electrons. The summed E-state index contributed by atoms with van der Waals surface area (Å²) in [5, 5.41) is 3.22. The van der Waals surface area contributed by atoms with Gasteiger partial charge in [0.25, 0.3) is 0 Å². The molecule has 1 rings (SSSR count). The molecule has 0 spiro atoms. The van der Waals surface area contributed by atoms with Crippen molar-refractivity contribution in [3.05, 3.63) is 29.8 Å². The molecular formula is C15H26N2O. The molecule has 0 saturated carbocycles. The van der Waals surface area contributed by atoms with Gasteiger partial charge < -0.3 is 10.1 Å². The van der Waals surface area contributed by atoms with Gasteiger partial charge in [0.05, 0.1) is 7.11 Å². The lowest BCUT2D eigenvalue weighted by Gasteiger charge is -2.31. The number of hydrogen-bond acceptors (Lipinski definition) is 3. The number of benzene rings is 1. The number of likely N-dealkylation sites (N-methyl/N-ethyl adjacent to an activating group) is 2. The number of rotatable bonds is 7. The van der Waals surface area contributed by atoms with Crippen molar-refractivity contribution in [1.29, 1.82) is 0 Å². The first kappa shape index (κ1) is 15.0. The van der Waals surface area contributed by atoms with Crippen LogP contribution in [0.5, 0.6) is 5.75 Å². The Labute approximate surface area is 111 Å². The second-order valence-corrected chi connectivity index (χ2v) is 4.94. The largest absolute Gasteiger partial charge is 0.496 e. The summed E-state index contributed by atoms with van der Waals surface area (Å²) < 4.78 is 5.40. The van der Waals surface area contributed by atoms with Crippen LogP contribution in [0.25, 0.3) is 0 Å². The van der Waals surface area contributed by atoms with Crippen molar-refractivity contribution in [3.8, 4) is 5.75 Å². The van der Waals surface area contributed by atoms with Crippen LogP contribution < -0.4 is 10.1 Å². The zero-order valence-electron chi connectivity index (χ0n) is 12.2. The minimum absolute atomic E-state index is 0.490. The van der Waals surface area contributed by atoms with E-state index in [1.807, 2.05) is 19.2 Å². The van der Waals surface area contributed by atoms with Gasteiger partial charge in [-0.25, -0.2) is 0 Å². The highest BCUT2D eigenvalue weighted by atomic mass is 16.5. The van der Waals surface area contributed by atoms with Gasteiger partial charge in [-0.1, -0.05) is 18.2 Å². The Morgan fingerprint density at radius 2 is 1.89 bits per heavy atom. The Kier molecular flexibility index (Phi) is 6.16. The fourth-order valence-corrected chi connectivity index (χ4v) is 2.21. The SMILES string of the molecule is CNCC(C)N(C)C(C)Cc1ccccc1OC. The summed E-state index contributed by atoms with van der Waals surface area (Å²) in [5.74, 6) is 0.985. The van der Waals surface area contributed by atoms with Crippen molar-refractivity contribution in [1.82, 2.24) is 10.2 Å². The van der Waals surface area contributed by atoms with E-state index in [1.54, 1.807) is 7.11 Å². The van der Waals surface area contributed by atoms with Gasteiger partial charge in [-0.3, -0.25) is 4.90 Å². The number of nitrogens with one attached hydrogen (secondary N) is 1. The molecule has 0 aromatic heterocycles. The third-order valence-electron chi connectivity index (χ3n) is 3.60. The van der Waals surface area contributed by atoms with E-state index < -0.39 is 0 Å². The molecule has 3 heteroatoms. The van der Waals surface area contributed by atoms with Gasteiger partial charge in [0.2, 0.25) is 0 Å². The van der Waals surface area contributed by atoms with Gasteiger partial charge in [0, 0.05) is 18.6 Å². The molecule has 0 aliphatic carbocycles. The lowest BCUT2D eigenvalue weighted by Crippen LogP contribution is -2.42. The first-order chi connectivity index (χ1) is 8.60. The van der Waals surface area contributed by atoms with Crippen LogP contribution in [0.15, 0.2) is 24.3 Å². The maximum absolute atomic E-state index is 5.40. The van der Waals surface area contributed by atoms with E-state index >= 15 is 0 Å². The van der Waals surface area contributed by atoms with Crippen LogP contribution in [-0.2, 0) is 6.42 Å². The van der Waals surface area contributed by atoms with Crippen LogP contribution in [0, 0.1) is 0 Å². The molecule has 0 aliphatic heterocycles. The van der Waals surface area contributed by atoms with Crippen molar-refractivity contribution in [2.45, 2.75) is 32.4 Å². The standard InChI is InChI=1S/C15H26N2O/c1-12(17(4)13(2)11-16-3)10-14-8-6-7-9-15(14)18-5/h6-9,12-13,16H,10-11H2,1-5H3. The molecular weight excluding hydrogens is 224 g/mol. The number of nitrogens with zero attached hydrogens (tertiary/aromatic N) is 1. The number of para-hydroxylation sites is 1. The van der Waals surface area contributed by atoms with Crippen molar-refractivity contribution < 1.29 is 4.74 Å². The Morgan fingerprint density at radius 1 is 1.22 bits per heavy atom. The van der Waals surface area contributed by atoms with Gasteiger partial charge >= 0.3 is 0 Å².